The molecular weight excluding hydrogens is 290 g/mol. The normalized spacial score (nSPS) is 16.3. The van der Waals surface area contributed by atoms with Gasteiger partial charge in [-0.2, -0.15) is 0 Å². The summed E-state index contributed by atoms with van der Waals surface area (Å²) in [6.45, 7) is 8.45. The monoisotopic (exact) mass is 319 g/mol. The summed E-state index contributed by atoms with van der Waals surface area (Å²) in [5.74, 6) is 1.60. The average molecular weight is 319 g/mol. The van der Waals surface area contributed by atoms with Gasteiger partial charge in [0.25, 0.3) is 5.91 Å². The van der Waals surface area contributed by atoms with Crippen LogP contribution in [0.5, 0.6) is 5.75 Å². The molecular formula is C19H29NO3. The second-order valence-corrected chi connectivity index (χ2v) is 7.21. The van der Waals surface area contributed by atoms with Gasteiger partial charge in [0, 0.05) is 7.11 Å². The largest absolute Gasteiger partial charge is 0.478 e. The maximum Gasteiger partial charge on any atom is 0.263 e. The summed E-state index contributed by atoms with van der Waals surface area (Å²) in [5.41, 5.74) is 0.283. The molecule has 1 saturated carbocycles. The first kappa shape index (κ1) is 17.8. The van der Waals surface area contributed by atoms with E-state index < -0.39 is 5.60 Å². The molecule has 23 heavy (non-hydrogen) atoms. The quantitative estimate of drug-likeness (QED) is 0.797. The molecule has 1 aliphatic rings. The van der Waals surface area contributed by atoms with E-state index in [1.807, 2.05) is 18.2 Å². The molecule has 1 atom stereocenters. The number of methoxy groups -OCH3 is 1. The molecule has 0 bridgehead atoms. The van der Waals surface area contributed by atoms with E-state index in [-0.39, 0.29) is 11.9 Å². The fourth-order valence-corrected chi connectivity index (χ4v) is 2.59. The van der Waals surface area contributed by atoms with E-state index in [9.17, 15) is 4.79 Å². The summed E-state index contributed by atoms with van der Waals surface area (Å²) in [4.78, 5) is 12.6. The standard InChI is InChI=1S/C19H29NO3/c1-13(2)15-7-6-8-16(11-15)23-19(3,4)18(21)20-17(12-22-5)14-9-10-14/h6-8,11,13-14,17H,9-10,12H2,1-5H3,(H,20,21). The van der Waals surface area contributed by atoms with Crippen molar-refractivity contribution in [2.45, 2.75) is 58.1 Å². The Balaban J connectivity index is 2.02. The molecule has 1 unspecified atom stereocenters. The molecule has 4 nitrogen and oxygen atoms in total. The van der Waals surface area contributed by atoms with Crippen LogP contribution in [0.15, 0.2) is 24.3 Å². The van der Waals surface area contributed by atoms with Crippen molar-refractivity contribution in [2.75, 3.05) is 13.7 Å². The van der Waals surface area contributed by atoms with Crippen molar-refractivity contribution in [3.63, 3.8) is 0 Å². The fraction of sp³-hybridized carbons (Fsp3) is 0.632. The number of benzene rings is 1. The second-order valence-electron chi connectivity index (χ2n) is 7.21. The lowest BCUT2D eigenvalue weighted by Crippen LogP contribution is -2.51. The number of amides is 1. The number of rotatable bonds is 8. The number of carbonyl (C=O) groups is 1. The highest BCUT2D eigenvalue weighted by atomic mass is 16.5. The van der Waals surface area contributed by atoms with E-state index in [2.05, 4.69) is 25.2 Å². The first-order chi connectivity index (χ1) is 10.8. The Morgan fingerprint density at radius 3 is 2.61 bits per heavy atom. The van der Waals surface area contributed by atoms with Crippen LogP contribution in [0, 0.1) is 5.92 Å². The first-order valence-corrected chi connectivity index (χ1v) is 8.42. The van der Waals surface area contributed by atoms with E-state index in [4.69, 9.17) is 9.47 Å². The topological polar surface area (TPSA) is 47.6 Å². The van der Waals surface area contributed by atoms with Crippen molar-refractivity contribution >= 4 is 5.91 Å². The van der Waals surface area contributed by atoms with Crippen molar-refractivity contribution in [3.05, 3.63) is 29.8 Å². The molecule has 0 saturated heterocycles. The van der Waals surface area contributed by atoms with Crippen LogP contribution in [0.1, 0.15) is 52.0 Å². The van der Waals surface area contributed by atoms with Crippen LogP contribution < -0.4 is 10.1 Å². The fourth-order valence-electron chi connectivity index (χ4n) is 2.59. The van der Waals surface area contributed by atoms with Crippen molar-refractivity contribution in [1.29, 1.82) is 0 Å². The molecule has 0 aliphatic heterocycles. The number of nitrogens with one attached hydrogen (secondary N) is 1. The van der Waals surface area contributed by atoms with E-state index in [0.29, 0.717) is 18.4 Å². The SMILES string of the molecule is COCC(NC(=O)C(C)(C)Oc1cccc(C(C)C)c1)C1CC1. The Kier molecular flexibility index (Phi) is 5.69. The van der Waals surface area contributed by atoms with Crippen LogP contribution >= 0.6 is 0 Å². The Labute approximate surface area is 139 Å². The summed E-state index contributed by atoms with van der Waals surface area (Å²) in [7, 11) is 1.67. The number of hydrogen-bond donors (Lipinski definition) is 1. The van der Waals surface area contributed by atoms with Gasteiger partial charge in [-0.1, -0.05) is 26.0 Å². The summed E-state index contributed by atoms with van der Waals surface area (Å²) in [6.07, 6.45) is 2.32. The molecule has 1 N–H and O–H groups in total. The van der Waals surface area contributed by atoms with Crippen molar-refractivity contribution in [1.82, 2.24) is 5.32 Å². The van der Waals surface area contributed by atoms with Gasteiger partial charge in [0.15, 0.2) is 5.60 Å². The Morgan fingerprint density at radius 1 is 1.35 bits per heavy atom. The third kappa shape index (κ3) is 4.96. The van der Waals surface area contributed by atoms with Crippen LogP contribution in [0.4, 0.5) is 0 Å². The Morgan fingerprint density at radius 2 is 2.04 bits per heavy atom. The molecule has 1 aromatic rings. The lowest BCUT2D eigenvalue weighted by Gasteiger charge is -2.28. The van der Waals surface area contributed by atoms with Crippen molar-refractivity contribution in [2.24, 2.45) is 5.92 Å². The molecule has 4 heteroatoms. The molecule has 1 aromatic carbocycles. The summed E-state index contributed by atoms with van der Waals surface area (Å²) in [6, 6.07) is 8.03. The van der Waals surface area contributed by atoms with Crippen LogP contribution in [0.2, 0.25) is 0 Å². The zero-order valence-electron chi connectivity index (χ0n) is 14.9. The van der Waals surface area contributed by atoms with Crippen molar-refractivity contribution < 1.29 is 14.3 Å². The van der Waals surface area contributed by atoms with Gasteiger partial charge in [0.1, 0.15) is 5.75 Å². The van der Waals surface area contributed by atoms with Gasteiger partial charge in [-0.3, -0.25) is 4.79 Å². The summed E-state index contributed by atoms with van der Waals surface area (Å²) >= 11 is 0. The lowest BCUT2D eigenvalue weighted by molar-refractivity contribution is -0.135. The minimum absolute atomic E-state index is 0.0809. The first-order valence-electron chi connectivity index (χ1n) is 8.42. The molecule has 1 fully saturated rings. The minimum atomic E-state index is -0.920. The summed E-state index contributed by atoms with van der Waals surface area (Å²) in [5, 5.41) is 3.09. The zero-order chi connectivity index (χ0) is 17.0. The molecule has 2 rings (SSSR count). The van der Waals surface area contributed by atoms with Gasteiger partial charge in [-0.05, 0) is 56.2 Å². The van der Waals surface area contributed by atoms with Crippen LogP contribution in [0.3, 0.4) is 0 Å². The Bertz CT molecular complexity index is 535. The van der Waals surface area contributed by atoms with Crippen LogP contribution in [-0.4, -0.2) is 31.3 Å². The van der Waals surface area contributed by atoms with Gasteiger partial charge < -0.3 is 14.8 Å². The van der Waals surface area contributed by atoms with E-state index in [1.54, 1.807) is 21.0 Å². The number of ether oxygens (including phenoxy) is 2. The van der Waals surface area contributed by atoms with Gasteiger partial charge >= 0.3 is 0 Å². The highest BCUT2D eigenvalue weighted by Gasteiger charge is 2.37. The predicted molar refractivity (Wildman–Crippen MR) is 91.8 cm³/mol. The summed E-state index contributed by atoms with van der Waals surface area (Å²) < 4.78 is 11.2. The number of hydrogen-bond acceptors (Lipinski definition) is 3. The molecule has 0 heterocycles. The van der Waals surface area contributed by atoms with Gasteiger partial charge in [-0.25, -0.2) is 0 Å². The van der Waals surface area contributed by atoms with Crippen LogP contribution in [0.25, 0.3) is 0 Å². The van der Waals surface area contributed by atoms with Crippen molar-refractivity contribution in [3.8, 4) is 5.75 Å². The van der Waals surface area contributed by atoms with Gasteiger partial charge in [0.2, 0.25) is 0 Å². The lowest BCUT2D eigenvalue weighted by atomic mass is 10.0. The highest BCUT2D eigenvalue weighted by molar-refractivity contribution is 5.85. The highest BCUT2D eigenvalue weighted by Crippen LogP contribution is 2.33. The van der Waals surface area contributed by atoms with E-state index in [1.165, 1.54) is 5.56 Å². The molecule has 128 valence electrons. The average Bonchev–Trinajstić information content (AvgIpc) is 3.31. The molecule has 1 amide bonds. The molecule has 1 aliphatic carbocycles. The molecule has 0 spiro atoms. The third-order valence-corrected chi connectivity index (χ3v) is 4.30. The Hall–Kier alpha value is -1.55. The van der Waals surface area contributed by atoms with Crippen LogP contribution in [-0.2, 0) is 9.53 Å². The zero-order valence-corrected chi connectivity index (χ0v) is 14.9. The third-order valence-electron chi connectivity index (χ3n) is 4.30. The molecule has 0 radical (unpaired) electrons. The molecule has 0 aromatic heterocycles. The maximum atomic E-state index is 12.6. The predicted octanol–water partition coefficient (Wildman–Crippen LogP) is 3.51. The second kappa shape index (κ2) is 7.35. The maximum absolute atomic E-state index is 12.6. The smallest absolute Gasteiger partial charge is 0.263 e. The van der Waals surface area contributed by atoms with E-state index >= 15 is 0 Å². The van der Waals surface area contributed by atoms with E-state index in [0.717, 1.165) is 18.6 Å². The van der Waals surface area contributed by atoms with Gasteiger partial charge in [-0.15, -0.1) is 0 Å². The van der Waals surface area contributed by atoms with Gasteiger partial charge in [0.05, 0.1) is 12.6 Å². The number of carbonyl (C=O) groups excluding carboxylic acids is 1. The minimum Gasteiger partial charge on any atom is -0.478 e.